The Labute approximate surface area is 80.0 Å². The van der Waals surface area contributed by atoms with Gasteiger partial charge in [0.1, 0.15) is 0 Å². The predicted octanol–water partition coefficient (Wildman–Crippen LogP) is 4.07. The Hall–Kier alpha value is 0.960. The van der Waals surface area contributed by atoms with Gasteiger partial charge in [0.25, 0.3) is 0 Å². The summed E-state index contributed by atoms with van der Waals surface area (Å²) >= 11 is 7.24. The summed E-state index contributed by atoms with van der Waals surface area (Å²) < 4.78 is 0.341. The molecule has 0 nitrogen and oxygen atoms in total. The van der Waals surface area contributed by atoms with Gasteiger partial charge in [0.15, 0.2) is 0 Å². The minimum atomic E-state index is 0.341. The maximum atomic E-state index is 3.62. The molecule has 0 aromatic heterocycles. The molecule has 0 aromatic rings. The van der Waals surface area contributed by atoms with Crippen LogP contribution >= 0.6 is 31.9 Å². The zero-order valence-corrected chi connectivity index (χ0v) is 9.54. The number of rotatable bonds is 4. The van der Waals surface area contributed by atoms with E-state index in [1.807, 2.05) is 0 Å². The van der Waals surface area contributed by atoms with Crippen LogP contribution in [0.5, 0.6) is 0 Å². The molecule has 1 rings (SSSR count). The molecule has 0 amide bonds. The fraction of sp³-hybridized carbons (Fsp3) is 1.00. The molecule has 0 unspecified atom stereocenters. The van der Waals surface area contributed by atoms with E-state index in [2.05, 4.69) is 38.8 Å². The van der Waals surface area contributed by atoms with Crippen LogP contribution in [0.3, 0.4) is 0 Å². The normalized spacial score (nSPS) is 28.5. The van der Waals surface area contributed by atoms with Crippen LogP contribution in [0.25, 0.3) is 0 Å². The van der Waals surface area contributed by atoms with Gasteiger partial charge in [-0.05, 0) is 18.8 Å². The topological polar surface area (TPSA) is 0 Å². The number of alkyl halides is 2. The highest BCUT2D eigenvalue weighted by molar-refractivity contribution is 9.25. The molecule has 1 atom stereocenters. The Morgan fingerprint density at radius 2 is 2.00 bits per heavy atom. The Balaban J connectivity index is 1.97. The molecule has 0 spiro atoms. The van der Waals surface area contributed by atoms with Gasteiger partial charge in [0.2, 0.25) is 0 Å². The number of halogens is 2. The molecule has 60 valence electrons. The summed E-state index contributed by atoms with van der Waals surface area (Å²) in [4.78, 5) is 0. The first kappa shape index (κ1) is 9.05. The van der Waals surface area contributed by atoms with Gasteiger partial charge in [0.05, 0.1) is 3.23 Å². The molecule has 1 saturated carbocycles. The Bertz CT molecular complexity index is 110. The first-order valence-electron chi connectivity index (χ1n) is 4.04. The van der Waals surface area contributed by atoms with Gasteiger partial charge in [-0.3, -0.25) is 0 Å². The molecule has 1 aliphatic rings. The summed E-state index contributed by atoms with van der Waals surface area (Å²) in [6.45, 7) is 2.25. The Morgan fingerprint density at radius 1 is 1.40 bits per heavy atom. The second-order valence-electron chi connectivity index (χ2n) is 3.16. The second-order valence-corrected chi connectivity index (χ2v) is 7.05. The van der Waals surface area contributed by atoms with Gasteiger partial charge in [-0.25, -0.2) is 0 Å². The lowest BCUT2D eigenvalue weighted by Crippen LogP contribution is -1.88. The van der Waals surface area contributed by atoms with Crippen LogP contribution in [0, 0.1) is 5.92 Å². The van der Waals surface area contributed by atoms with E-state index in [0.29, 0.717) is 3.23 Å². The third kappa shape index (κ3) is 2.54. The second kappa shape index (κ2) is 3.57. The van der Waals surface area contributed by atoms with E-state index < -0.39 is 0 Å². The first-order chi connectivity index (χ1) is 4.67. The van der Waals surface area contributed by atoms with E-state index >= 15 is 0 Å². The lowest BCUT2D eigenvalue weighted by atomic mass is 10.1. The average Bonchev–Trinajstić information content (AvgIpc) is 2.41. The zero-order chi connectivity index (χ0) is 7.61. The highest BCUT2D eigenvalue weighted by Gasteiger charge is 2.49. The van der Waals surface area contributed by atoms with Crippen molar-refractivity contribution in [2.24, 2.45) is 5.92 Å². The first-order valence-corrected chi connectivity index (χ1v) is 5.63. The van der Waals surface area contributed by atoms with Crippen molar-refractivity contribution in [1.82, 2.24) is 0 Å². The van der Waals surface area contributed by atoms with Crippen LogP contribution in [0.4, 0.5) is 0 Å². The van der Waals surface area contributed by atoms with Gasteiger partial charge in [-0.15, -0.1) is 0 Å². The Morgan fingerprint density at radius 3 is 2.40 bits per heavy atom. The average molecular weight is 270 g/mol. The fourth-order valence-electron chi connectivity index (χ4n) is 1.22. The molecule has 1 aliphatic carbocycles. The summed E-state index contributed by atoms with van der Waals surface area (Å²) in [5.41, 5.74) is 0. The van der Waals surface area contributed by atoms with Crippen LogP contribution < -0.4 is 0 Å². The molecular formula is C8H14Br2. The molecule has 0 saturated heterocycles. The van der Waals surface area contributed by atoms with Gasteiger partial charge < -0.3 is 0 Å². The van der Waals surface area contributed by atoms with Crippen LogP contribution in [0.15, 0.2) is 0 Å². The zero-order valence-electron chi connectivity index (χ0n) is 6.37. The lowest BCUT2D eigenvalue weighted by molar-refractivity contribution is 0.620. The molecule has 0 aromatic carbocycles. The summed E-state index contributed by atoms with van der Waals surface area (Å²) in [5, 5.41) is 0. The largest absolute Gasteiger partial charge is 0.0837 e. The van der Waals surface area contributed by atoms with E-state index in [-0.39, 0.29) is 0 Å². The van der Waals surface area contributed by atoms with E-state index in [1.165, 1.54) is 32.1 Å². The van der Waals surface area contributed by atoms with Gasteiger partial charge in [0, 0.05) is 0 Å². The van der Waals surface area contributed by atoms with Gasteiger partial charge >= 0.3 is 0 Å². The third-order valence-corrected chi connectivity index (χ3v) is 4.05. The van der Waals surface area contributed by atoms with E-state index in [4.69, 9.17) is 0 Å². The molecule has 0 radical (unpaired) electrons. The quantitative estimate of drug-likeness (QED) is 0.533. The van der Waals surface area contributed by atoms with E-state index in [9.17, 15) is 0 Å². The monoisotopic (exact) mass is 268 g/mol. The van der Waals surface area contributed by atoms with Crippen molar-refractivity contribution < 1.29 is 0 Å². The highest BCUT2D eigenvalue weighted by Crippen LogP contribution is 2.58. The van der Waals surface area contributed by atoms with Crippen molar-refractivity contribution >= 4 is 31.9 Å². The summed E-state index contributed by atoms with van der Waals surface area (Å²) in [5.74, 6) is 0.902. The molecule has 10 heavy (non-hydrogen) atoms. The Kier molecular flexibility index (Phi) is 3.23. The summed E-state index contributed by atoms with van der Waals surface area (Å²) in [6.07, 6.45) is 6.85. The van der Waals surface area contributed by atoms with Crippen molar-refractivity contribution in [2.45, 2.75) is 42.3 Å². The van der Waals surface area contributed by atoms with Crippen LogP contribution in [-0.2, 0) is 0 Å². The van der Waals surface area contributed by atoms with Gasteiger partial charge in [-0.1, -0.05) is 58.0 Å². The SMILES string of the molecule is CCCCC[C@@H]1CC1(Br)Br. The van der Waals surface area contributed by atoms with Crippen molar-refractivity contribution in [1.29, 1.82) is 0 Å². The van der Waals surface area contributed by atoms with Crippen molar-refractivity contribution in [3.63, 3.8) is 0 Å². The fourth-order valence-corrected chi connectivity index (χ4v) is 2.46. The summed E-state index contributed by atoms with van der Waals surface area (Å²) in [7, 11) is 0. The van der Waals surface area contributed by atoms with Crippen LogP contribution in [0.2, 0.25) is 0 Å². The van der Waals surface area contributed by atoms with Gasteiger partial charge in [-0.2, -0.15) is 0 Å². The molecule has 0 aliphatic heterocycles. The van der Waals surface area contributed by atoms with E-state index in [0.717, 1.165) is 5.92 Å². The molecule has 0 N–H and O–H groups in total. The van der Waals surface area contributed by atoms with E-state index in [1.54, 1.807) is 0 Å². The maximum absolute atomic E-state index is 3.62. The summed E-state index contributed by atoms with van der Waals surface area (Å²) in [6, 6.07) is 0. The number of hydrogen-bond donors (Lipinski definition) is 0. The number of hydrogen-bond acceptors (Lipinski definition) is 0. The highest BCUT2D eigenvalue weighted by atomic mass is 79.9. The van der Waals surface area contributed by atoms with Crippen LogP contribution in [-0.4, -0.2) is 3.23 Å². The minimum absolute atomic E-state index is 0.341. The third-order valence-electron chi connectivity index (χ3n) is 2.11. The smallest absolute Gasteiger partial charge is 0.0724 e. The maximum Gasteiger partial charge on any atom is 0.0837 e. The standard InChI is InChI=1S/C8H14Br2/c1-2-3-4-5-7-6-8(7,9)10/h7H,2-6H2,1H3/t7-/m1/s1. The predicted molar refractivity (Wildman–Crippen MR) is 52.8 cm³/mol. The molecule has 1 fully saturated rings. The molecule has 0 heterocycles. The molecule has 0 bridgehead atoms. The minimum Gasteiger partial charge on any atom is -0.0724 e. The lowest BCUT2D eigenvalue weighted by Gasteiger charge is -1.98. The van der Waals surface area contributed by atoms with Crippen LogP contribution in [0.1, 0.15) is 39.0 Å². The molecule has 2 heteroatoms. The molecular weight excluding hydrogens is 256 g/mol. The number of unbranched alkanes of at least 4 members (excludes halogenated alkanes) is 2. The van der Waals surface area contributed by atoms with Crippen molar-refractivity contribution in [2.75, 3.05) is 0 Å². The van der Waals surface area contributed by atoms with Crippen molar-refractivity contribution in [3.05, 3.63) is 0 Å². The van der Waals surface area contributed by atoms with Crippen molar-refractivity contribution in [3.8, 4) is 0 Å².